The number of halogens is 1. The molecule has 1 saturated heterocycles. The smallest absolute Gasteiger partial charge is 0.251 e. The van der Waals surface area contributed by atoms with Gasteiger partial charge in [0.15, 0.2) is 0 Å². The summed E-state index contributed by atoms with van der Waals surface area (Å²) in [6.45, 7) is 2.05. The van der Waals surface area contributed by atoms with Crippen LogP contribution in [0.3, 0.4) is 0 Å². The van der Waals surface area contributed by atoms with E-state index in [2.05, 4.69) is 5.32 Å². The maximum atomic E-state index is 12.2. The van der Waals surface area contributed by atoms with Crippen molar-refractivity contribution in [3.8, 4) is 0 Å². The van der Waals surface area contributed by atoms with Gasteiger partial charge in [-0.1, -0.05) is 41.9 Å². The van der Waals surface area contributed by atoms with E-state index in [0.29, 0.717) is 25.1 Å². The van der Waals surface area contributed by atoms with Crippen LogP contribution in [-0.2, 0) is 17.8 Å². The number of carbonyl (C=O) groups excluding carboxylic acids is 2. The summed E-state index contributed by atoms with van der Waals surface area (Å²) < 4.78 is 0. The van der Waals surface area contributed by atoms with E-state index in [4.69, 9.17) is 11.6 Å². The van der Waals surface area contributed by atoms with Crippen LogP contribution >= 0.6 is 11.6 Å². The Kier molecular flexibility index (Phi) is 6.29. The van der Waals surface area contributed by atoms with Crippen molar-refractivity contribution in [3.05, 3.63) is 70.2 Å². The third-order valence-corrected chi connectivity index (χ3v) is 5.00. The van der Waals surface area contributed by atoms with E-state index < -0.39 is 0 Å². The second-order valence-electron chi connectivity index (χ2n) is 6.57. The van der Waals surface area contributed by atoms with Crippen LogP contribution in [0.5, 0.6) is 0 Å². The number of carbonyl (C=O) groups is 2. The molecule has 0 aliphatic carbocycles. The van der Waals surface area contributed by atoms with E-state index in [1.165, 1.54) is 0 Å². The summed E-state index contributed by atoms with van der Waals surface area (Å²) in [6.07, 6.45) is 3.26. The van der Waals surface area contributed by atoms with Crippen LogP contribution in [-0.4, -0.2) is 29.8 Å². The topological polar surface area (TPSA) is 49.4 Å². The van der Waals surface area contributed by atoms with Crippen molar-refractivity contribution < 1.29 is 9.59 Å². The highest BCUT2D eigenvalue weighted by molar-refractivity contribution is 6.31. The zero-order valence-corrected chi connectivity index (χ0v) is 15.5. The minimum Gasteiger partial charge on any atom is -0.352 e. The standard InChI is InChI=1S/C21H23ClN2O2/c22-19-7-2-1-5-17(19)6-3-13-23-21(26)18-11-9-16(10-12-18)15-24-14-4-8-20(24)25/h1-2,5,7,9-12H,3-4,6,8,13-15H2,(H,23,26). The molecule has 26 heavy (non-hydrogen) atoms. The molecule has 4 nitrogen and oxygen atoms in total. The van der Waals surface area contributed by atoms with E-state index in [9.17, 15) is 9.59 Å². The third kappa shape index (κ3) is 4.85. The minimum absolute atomic E-state index is 0.0760. The fourth-order valence-corrected chi connectivity index (χ4v) is 3.37. The summed E-state index contributed by atoms with van der Waals surface area (Å²) in [5, 5.41) is 3.71. The van der Waals surface area contributed by atoms with Gasteiger partial charge in [-0.2, -0.15) is 0 Å². The number of nitrogens with zero attached hydrogens (tertiary/aromatic N) is 1. The van der Waals surface area contributed by atoms with Crippen LogP contribution in [0.4, 0.5) is 0 Å². The maximum Gasteiger partial charge on any atom is 0.251 e. The second kappa shape index (κ2) is 8.86. The number of benzene rings is 2. The first-order valence-corrected chi connectivity index (χ1v) is 9.39. The van der Waals surface area contributed by atoms with Gasteiger partial charge >= 0.3 is 0 Å². The first-order chi connectivity index (χ1) is 12.6. The Bertz CT molecular complexity index is 774. The number of nitrogens with one attached hydrogen (secondary N) is 1. The summed E-state index contributed by atoms with van der Waals surface area (Å²) in [6, 6.07) is 15.3. The van der Waals surface area contributed by atoms with Crippen molar-refractivity contribution in [1.29, 1.82) is 0 Å². The molecule has 1 aliphatic rings. The summed E-state index contributed by atoms with van der Waals surface area (Å²) in [5.74, 6) is 0.137. The molecule has 2 aromatic rings. The third-order valence-electron chi connectivity index (χ3n) is 4.63. The number of amides is 2. The Hall–Kier alpha value is -2.33. The zero-order valence-electron chi connectivity index (χ0n) is 14.7. The molecule has 2 aromatic carbocycles. The van der Waals surface area contributed by atoms with Crippen LogP contribution in [0.1, 0.15) is 40.7 Å². The molecule has 2 amide bonds. The molecule has 0 radical (unpaired) electrons. The largest absolute Gasteiger partial charge is 0.352 e. The zero-order chi connectivity index (χ0) is 18.4. The van der Waals surface area contributed by atoms with Crippen LogP contribution in [0.25, 0.3) is 0 Å². The van der Waals surface area contributed by atoms with Gasteiger partial charge in [0.1, 0.15) is 0 Å². The van der Waals surface area contributed by atoms with Crippen molar-refractivity contribution in [3.63, 3.8) is 0 Å². The summed E-state index contributed by atoms with van der Waals surface area (Å²) in [5.41, 5.74) is 2.79. The minimum atomic E-state index is -0.0760. The first kappa shape index (κ1) is 18.5. The molecule has 0 aromatic heterocycles. The fraction of sp³-hybridized carbons (Fsp3) is 0.333. The molecule has 1 N–H and O–H groups in total. The molecule has 1 aliphatic heterocycles. The molecule has 3 rings (SSSR count). The average Bonchev–Trinajstić information content (AvgIpc) is 3.05. The fourth-order valence-electron chi connectivity index (χ4n) is 3.14. The quantitative estimate of drug-likeness (QED) is 0.753. The van der Waals surface area contributed by atoms with Crippen molar-refractivity contribution >= 4 is 23.4 Å². The molecule has 0 spiro atoms. The Labute approximate surface area is 159 Å². The lowest BCUT2D eigenvalue weighted by molar-refractivity contribution is -0.128. The van der Waals surface area contributed by atoms with Gasteiger partial charge in [0.2, 0.25) is 5.91 Å². The van der Waals surface area contributed by atoms with Crippen molar-refractivity contribution in [2.24, 2.45) is 0 Å². The van der Waals surface area contributed by atoms with Gasteiger partial charge in [0.25, 0.3) is 5.91 Å². The van der Waals surface area contributed by atoms with E-state index >= 15 is 0 Å². The van der Waals surface area contributed by atoms with Crippen molar-refractivity contribution in [1.82, 2.24) is 10.2 Å². The van der Waals surface area contributed by atoms with E-state index in [1.807, 2.05) is 53.4 Å². The molecule has 5 heteroatoms. The van der Waals surface area contributed by atoms with E-state index in [0.717, 1.165) is 42.0 Å². The van der Waals surface area contributed by atoms with Crippen molar-refractivity contribution in [2.45, 2.75) is 32.2 Å². The molecule has 136 valence electrons. The Balaban J connectivity index is 1.44. The molecule has 0 atom stereocenters. The Morgan fingerprint density at radius 3 is 2.58 bits per heavy atom. The van der Waals surface area contributed by atoms with Gasteiger partial charge in [0, 0.05) is 36.6 Å². The van der Waals surface area contributed by atoms with Gasteiger partial charge in [-0.25, -0.2) is 0 Å². The molecular weight excluding hydrogens is 348 g/mol. The second-order valence-corrected chi connectivity index (χ2v) is 6.97. The number of hydrogen-bond donors (Lipinski definition) is 1. The lowest BCUT2D eigenvalue weighted by Gasteiger charge is -2.15. The van der Waals surface area contributed by atoms with Gasteiger partial charge in [-0.05, 0) is 48.6 Å². The van der Waals surface area contributed by atoms with Gasteiger partial charge in [-0.15, -0.1) is 0 Å². The predicted molar refractivity (Wildman–Crippen MR) is 103 cm³/mol. The SMILES string of the molecule is O=C(NCCCc1ccccc1Cl)c1ccc(CN2CCCC2=O)cc1. The molecule has 0 unspecified atom stereocenters. The highest BCUT2D eigenvalue weighted by Gasteiger charge is 2.19. The molecule has 0 saturated carbocycles. The molecule has 1 fully saturated rings. The molecule has 1 heterocycles. The van der Waals surface area contributed by atoms with Gasteiger partial charge in [0.05, 0.1) is 0 Å². The normalized spacial score (nSPS) is 13.9. The van der Waals surface area contributed by atoms with E-state index in [-0.39, 0.29) is 11.8 Å². The molecular formula is C21H23ClN2O2. The predicted octanol–water partition coefficient (Wildman–Crippen LogP) is 3.83. The van der Waals surface area contributed by atoms with Crippen LogP contribution in [0.2, 0.25) is 5.02 Å². The first-order valence-electron chi connectivity index (χ1n) is 9.02. The Morgan fingerprint density at radius 1 is 1.12 bits per heavy atom. The molecule has 0 bridgehead atoms. The lowest BCUT2D eigenvalue weighted by atomic mass is 10.1. The number of aryl methyl sites for hydroxylation is 1. The van der Waals surface area contributed by atoms with Gasteiger partial charge in [-0.3, -0.25) is 9.59 Å². The van der Waals surface area contributed by atoms with Crippen molar-refractivity contribution in [2.75, 3.05) is 13.1 Å². The maximum absolute atomic E-state index is 12.2. The number of rotatable bonds is 7. The monoisotopic (exact) mass is 370 g/mol. The average molecular weight is 371 g/mol. The van der Waals surface area contributed by atoms with E-state index in [1.54, 1.807) is 0 Å². The van der Waals surface area contributed by atoms with Crippen LogP contribution in [0.15, 0.2) is 48.5 Å². The lowest BCUT2D eigenvalue weighted by Crippen LogP contribution is -2.25. The highest BCUT2D eigenvalue weighted by atomic mass is 35.5. The number of likely N-dealkylation sites (tertiary alicyclic amines) is 1. The number of hydrogen-bond acceptors (Lipinski definition) is 2. The highest BCUT2D eigenvalue weighted by Crippen LogP contribution is 2.16. The summed E-state index contributed by atoms with van der Waals surface area (Å²) >= 11 is 6.13. The summed E-state index contributed by atoms with van der Waals surface area (Å²) in [7, 11) is 0. The van der Waals surface area contributed by atoms with Gasteiger partial charge < -0.3 is 10.2 Å². The van der Waals surface area contributed by atoms with Crippen LogP contribution < -0.4 is 5.32 Å². The van der Waals surface area contributed by atoms with Crippen LogP contribution in [0, 0.1) is 0 Å². The summed E-state index contributed by atoms with van der Waals surface area (Å²) in [4.78, 5) is 25.8. The Morgan fingerprint density at radius 2 is 1.88 bits per heavy atom.